The van der Waals surface area contributed by atoms with E-state index in [1.807, 2.05) is 13.8 Å². The Balaban J connectivity index is 0.000000205. The largest absolute Gasteiger partial charge is 0.0683 e. The van der Waals surface area contributed by atoms with Gasteiger partial charge in [-0.3, -0.25) is 0 Å². The van der Waals surface area contributed by atoms with Gasteiger partial charge in [-0.05, 0) is 11.8 Å². The Morgan fingerprint density at radius 1 is 0.444 bits per heavy atom. The topological polar surface area (TPSA) is 0 Å². The molecule has 0 aromatic rings. The molecule has 4 rings (SSSR count). The summed E-state index contributed by atoms with van der Waals surface area (Å²) >= 11 is 0. The van der Waals surface area contributed by atoms with Crippen molar-refractivity contribution < 1.29 is 0 Å². The summed E-state index contributed by atoms with van der Waals surface area (Å²) in [6.07, 6.45) is 17.9. The molecule has 0 spiro atoms. The standard InChI is InChI=1S/4C4H8.C2H6/c2*1-4-2-3-4;2*1-2-4-3-1;1-2/h2*4H,2-3H2,1H3;2*1-4H2;1-2H3. The highest BCUT2D eigenvalue weighted by Crippen LogP contribution is 2.27. The molecule has 0 unspecified atom stereocenters. The first kappa shape index (κ1) is 18.0. The van der Waals surface area contributed by atoms with Gasteiger partial charge in [-0.2, -0.15) is 0 Å². The second-order valence-electron chi connectivity index (χ2n) is 6.19. The Hall–Kier alpha value is 0. The predicted molar refractivity (Wildman–Crippen MR) is 85.1 cm³/mol. The first-order valence-corrected chi connectivity index (χ1v) is 8.79. The molecule has 0 bridgehead atoms. The third kappa shape index (κ3) is 18.4. The molecule has 110 valence electrons. The smallest absolute Gasteiger partial charge is 0.0443 e. The molecule has 4 aliphatic carbocycles. The number of hydrogen-bond donors (Lipinski definition) is 0. The minimum absolute atomic E-state index is 1.08. The Morgan fingerprint density at radius 3 is 0.556 bits per heavy atom. The molecule has 18 heavy (non-hydrogen) atoms. The molecule has 0 N–H and O–H groups in total. The van der Waals surface area contributed by atoms with Gasteiger partial charge in [-0.25, -0.2) is 0 Å². The first-order chi connectivity index (χ1) is 8.79. The van der Waals surface area contributed by atoms with E-state index in [9.17, 15) is 0 Å². The van der Waals surface area contributed by atoms with Crippen molar-refractivity contribution in [2.45, 2.75) is 105 Å². The molecule has 0 nitrogen and oxygen atoms in total. The van der Waals surface area contributed by atoms with E-state index in [1.165, 1.54) is 77.0 Å². The summed E-state index contributed by atoms with van der Waals surface area (Å²) in [6, 6.07) is 0. The van der Waals surface area contributed by atoms with Gasteiger partial charge in [0.1, 0.15) is 0 Å². The van der Waals surface area contributed by atoms with E-state index in [1.54, 1.807) is 0 Å². The van der Waals surface area contributed by atoms with Crippen molar-refractivity contribution in [2.75, 3.05) is 0 Å². The fourth-order valence-corrected chi connectivity index (χ4v) is 0.833. The maximum absolute atomic E-state index is 2.28. The summed E-state index contributed by atoms with van der Waals surface area (Å²) in [4.78, 5) is 0. The van der Waals surface area contributed by atoms with Crippen molar-refractivity contribution in [2.24, 2.45) is 11.8 Å². The maximum atomic E-state index is 2.28. The van der Waals surface area contributed by atoms with Gasteiger partial charge in [0, 0.05) is 0 Å². The molecule has 4 saturated carbocycles. The van der Waals surface area contributed by atoms with Crippen LogP contribution < -0.4 is 0 Å². The van der Waals surface area contributed by atoms with Crippen LogP contribution >= 0.6 is 0 Å². The van der Waals surface area contributed by atoms with E-state index in [0.717, 1.165) is 11.8 Å². The molecule has 0 amide bonds. The molecule has 0 aromatic heterocycles. The van der Waals surface area contributed by atoms with Crippen molar-refractivity contribution >= 4 is 0 Å². The van der Waals surface area contributed by atoms with Crippen LogP contribution in [0.3, 0.4) is 0 Å². The van der Waals surface area contributed by atoms with E-state index in [0.29, 0.717) is 0 Å². The zero-order valence-electron chi connectivity index (χ0n) is 13.6. The van der Waals surface area contributed by atoms with Crippen molar-refractivity contribution in [1.29, 1.82) is 0 Å². The van der Waals surface area contributed by atoms with Crippen molar-refractivity contribution in [3.05, 3.63) is 0 Å². The van der Waals surface area contributed by atoms with Gasteiger partial charge in [0.05, 0.1) is 0 Å². The second-order valence-corrected chi connectivity index (χ2v) is 6.19. The van der Waals surface area contributed by atoms with Crippen LogP contribution in [-0.4, -0.2) is 0 Å². The number of rotatable bonds is 0. The fraction of sp³-hybridized carbons (Fsp3) is 1.00. The molecule has 0 radical (unpaired) electrons. The van der Waals surface area contributed by atoms with Crippen LogP contribution in [0.5, 0.6) is 0 Å². The minimum Gasteiger partial charge on any atom is -0.0683 e. The lowest BCUT2D eigenvalue weighted by atomic mass is 10.0. The molecule has 4 aliphatic rings. The Morgan fingerprint density at radius 2 is 0.556 bits per heavy atom. The summed E-state index contributed by atoms with van der Waals surface area (Å²) in [7, 11) is 0. The highest BCUT2D eigenvalue weighted by molar-refractivity contribution is 4.65. The first-order valence-electron chi connectivity index (χ1n) is 8.79. The number of hydrogen-bond acceptors (Lipinski definition) is 0. The summed E-state index contributed by atoms with van der Waals surface area (Å²) < 4.78 is 0. The molecular formula is C18H38. The molecular weight excluding hydrogens is 216 g/mol. The van der Waals surface area contributed by atoms with Crippen LogP contribution in [0, 0.1) is 11.8 Å². The van der Waals surface area contributed by atoms with Crippen LogP contribution in [0.4, 0.5) is 0 Å². The summed E-state index contributed by atoms with van der Waals surface area (Å²) in [5.74, 6) is 2.17. The zero-order chi connectivity index (χ0) is 13.6. The average molecular weight is 255 g/mol. The van der Waals surface area contributed by atoms with Crippen LogP contribution in [0.25, 0.3) is 0 Å². The summed E-state index contributed by atoms with van der Waals surface area (Å²) in [5, 5.41) is 0. The van der Waals surface area contributed by atoms with Crippen LogP contribution in [0.1, 0.15) is 105 Å². The Bertz CT molecular complexity index is 108. The molecule has 4 fully saturated rings. The lowest BCUT2D eigenvalue weighted by molar-refractivity contribution is 0.504. The summed E-state index contributed by atoms with van der Waals surface area (Å²) in [6.45, 7) is 8.56. The normalized spacial score (nSPS) is 22.7. The second kappa shape index (κ2) is 13.4. The van der Waals surface area contributed by atoms with E-state index < -0.39 is 0 Å². The van der Waals surface area contributed by atoms with Gasteiger partial charge in [0.2, 0.25) is 0 Å². The van der Waals surface area contributed by atoms with Crippen LogP contribution in [-0.2, 0) is 0 Å². The third-order valence-electron chi connectivity index (χ3n) is 3.73. The highest BCUT2D eigenvalue weighted by atomic mass is 14.2. The van der Waals surface area contributed by atoms with Gasteiger partial charge in [0.15, 0.2) is 0 Å². The lowest BCUT2D eigenvalue weighted by Crippen LogP contribution is -1.85. The third-order valence-corrected chi connectivity index (χ3v) is 3.73. The zero-order valence-corrected chi connectivity index (χ0v) is 13.6. The van der Waals surface area contributed by atoms with Gasteiger partial charge < -0.3 is 0 Å². The Labute approximate surface area is 117 Å². The quantitative estimate of drug-likeness (QED) is 0.437. The molecule has 0 saturated heterocycles. The molecule has 0 atom stereocenters. The van der Waals surface area contributed by atoms with Gasteiger partial charge in [0.25, 0.3) is 0 Å². The van der Waals surface area contributed by atoms with E-state index in [2.05, 4.69) is 13.8 Å². The Kier molecular flexibility index (Phi) is 13.4. The van der Waals surface area contributed by atoms with E-state index >= 15 is 0 Å². The lowest BCUT2D eigenvalue weighted by Gasteiger charge is -2.05. The molecule has 0 aliphatic heterocycles. The maximum Gasteiger partial charge on any atom is -0.0443 e. The van der Waals surface area contributed by atoms with Crippen LogP contribution in [0.15, 0.2) is 0 Å². The van der Waals surface area contributed by atoms with E-state index in [-0.39, 0.29) is 0 Å². The van der Waals surface area contributed by atoms with Crippen molar-refractivity contribution in [3.8, 4) is 0 Å². The monoisotopic (exact) mass is 254 g/mol. The van der Waals surface area contributed by atoms with Crippen molar-refractivity contribution in [1.82, 2.24) is 0 Å². The molecule has 0 aromatic carbocycles. The molecule has 0 heteroatoms. The summed E-state index contributed by atoms with van der Waals surface area (Å²) in [5.41, 5.74) is 0. The van der Waals surface area contributed by atoms with Gasteiger partial charge in [-0.15, -0.1) is 0 Å². The van der Waals surface area contributed by atoms with Gasteiger partial charge in [-0.1, -0.05) is 105 Å². The van der Waals surface area contributed by atoms with Crippen LogP contribution in [0.2, 0.25) is 0 Å². The predicted octanol–water partition coefficient (Wildman–Crippen LogP) is 6.98. The minimum atomic E-state index is 1.08. The average Bonchev–Trinajstić information content (AvgIpc) is 3.06. The van der Waals surface area contributed by atoms with E-state index in [4.69, 9.17) is 0 Å². The molecule has 0 heterocycles. The highest BCUT2D eigenvalue weighted by Gasteiger charge is 2.13. The van der Waals surface area contributed by atoms with Gasteiger partial charge >= 0.3 is 0 Å². The SMILES string of the molecule is C1CCC1.C1CCC1.CC.CC1CC1.CC1CC1. The fourth-order valence-electron chi connectivity index (χ4n) is 0.833. The van der Waals surface area contributed by atoms with Crippen molar-refractivity contribution in [3.63, 3.8) is 0 Å².